The van der Waals surface area contributed by atoms with E-state index in [4.69, 9.17) is 0 Å². The summed E-state index contributed by atoms with van der Waals surface area (Å²) >= 11 is 0. The molecular weight excluding hydrogens is 321 g/mol. The average Bonchev–Trinajstić information content (AvgIpc) is 2.77. The Balaban J connectivity index is 0.00000108. The van der Waals surface area contributed by atoms with Crippen LogP contribution in [-0.4, -0.2) is 30.7 Å². The molecule has 3 rings (SSSR count). The van der Waals surface area contributed by atoms with Gasteiger partial charge in [0.25, 0.3) is 0 Å². The largest absolute Gasteiger partial charge is 1.00 e. The van der Waals surface area contributed by atoms with Gasteiger partial charge in [-0.1, -0.05) is 19.3 Å². The summed E-state index contributed by atoms with van der Waals surface area (Å²) in [5, 5.41) is 0. The molecule has 0 aromatic carbocycles. The van der Waals surface area contributed by atoms with Crippen LogP contribution in [0.3, 0.4) is 0 Å². The summed E-state index contributed by atoms with van der Waals surface area (Å²) in [6.07, 6.45) is 13.8. The van der Waals surface area contributed by atoms with Crippen molar-refractivity contribution in [1.29, 1.82) is 0 Å². The first-order valence-corrected chi connectivity index (χ1v) is 7.62. The van der Waals surface area contributed by atoms with Crippen LogP contribution >= 0.6 is 0 Å². The number of hydrogen-bond donors (Lipinski definition) is 0. The summed E-state index contributed by atoms with van der Waals surface area (Å²) in [5.41, 5.74) is 0. The van der Waals surface area contributed by atoms with Gasteiger partial charge in [-0.25, -0.2) is 0 Å². The molecule has 2 aliphatic carbocycles. The second kappa shape index (κ2) is 5.77. The second-order valence-electron chi connectivity index (χ2n) is 6.91. The molecule has 0 N–H and O–H groups in total. The molecule has 0 aromatic heterocycles. The highest BCUT2D eigenvalue weighted by atomic mass is 127. The van der Waals surface area contributed by atoms with E-state index in [1.54, 1.807) is 25.7 Å². The lowest BCUT2D eigenvalue weighted by Crippen LogP contribution is -3.00. The van der Waals surface area contributed by atoms with Crippen molar-refractivity contribution in [3.05, 3.63) is 0 Å². The van der Waals surface area contributed by atoms with E-state index < -0.39 is 0 Å². The molecule has 3 unspecified atom stereocenters. The molecule has 0 bridgehead atoms. The maximum atomic E-state index is 2.54. The molecule has 1 heterocycles. The van der Waals surface area contributed by atoms with Gasteiger partial charge in [0.05, 0.1) is 26.2 Å². The molecule has 2 saturated carbocycles. The maximum Gasteiger partial charge on any atom is 0.0891 e. The first-order chi connectivity index (χ1) is 7.78. The molecule has 3 atom stereocenters. The average molecular weight is 349 g/mol. The Kier molecular flexibility index (Phi) is 4.79. The number of fused-ring (bicyclic) bond motifs is 1. The molecule has 1 nitrogen and oxygen atoms in total. The molecule has 17 heavy (non-hydrogen) atoms. The minimum Gasteiger partial charge on any atom is -1.00 e. The minimum atomic E-state index is 0. The number of quaternary nitrogens is 1. The van der Waals surface area contributed by atoms with Gasteiger partial charge in [0.1, 0.15) is 0 Å². The van der Waals surface area contributed by atoms with Crippen LogP contribution in [0.5, 0.6) is 0 Å². The summed E-state index contributed by atoms with van der Waals surface area (Å²) < 4.78 is 1.43. The van der Waals surface area contributed by atoms with Crippen molar-refractivity contribution in [1.82, 2.24) is 0 Å². The van der Waals surface area contributed by atoms with E-state index in [0.717, 1.165) is 17.9 Å². The predicted molar refractivity (Wildman–Crippen MR) is 68.2 cm³/mol. The monoisotopic (exact) mass is 349 g/mol. The van der Waals surface area contributed by atoms with Crippen LogP contribution in [0.25, 0.3) is 0 Å². The minimum absolute atomic E-state index is 0. The van der Waals surface area contributed by atoms with Crippen LogP contribution in [0.15, 0.2) is 0 Å². The normalized spacial score (nSPS) is 40.4. The third-order valence-corrected chi connectivity index (χ3v) is 5.98. The topological polar surface area (TPSA) is 0 Å². The van der Waals surface area contributed by atoms with Gasteiger partial charge in [-0.05, 0) is 31.1 Å². The summed E-state index contributed by atoms with van der Waals surface area (Å²) in [7, 11) is 2.54. The Morgan fingerprint density at radius 1 is 0.765 bits per heavy atom. The second-order valence-corrected chi connectivity index (χ2v) is 6.91. The van der Waals surface area contributed by atoms with Gasteiger partial charge in [-0.2, -0.15) is 0 Å². The van der Waals surface area contributed by atoms with E-state index in [2.05, 4.69) is 7.05 Å². The first kappa shape index (κ1) is 14.1. The van der Waals surface area contributed by atoms with Gasteiger partial charge in [0.15, 0.2) is 0 Å². The number of rotatable bonds is 1. The van der Waals surface area contributed by atoms with Crippen LogP contribution in [0.4, 0.5) is 0 Å². The van der Waals surface area contributed by atoms with Gasteiger partial charge < -0.3 is 28.5 Å². The number of likely N-dealkylation sites (tertiary alicyclic amines) is 1. The smallest absolute Gasteiger partial charge is 0.0891 e. The van der Waals surface area contributed by atoms with E-state index in [1.165, 1.54) is 49.7 Å². The highest BCUT2D eigenvalue weighted by Crippen LogP contribution is 2.43. The van der Waals surface area contributed by atoms with Crippen molar-refractivity contribution >= 4 is 0 Å². The van der Waals surface area contributed by atoms with Crippen LogP contribution in [0, 0.1) is 11.8 Å². The summed E-state index contributed by atoms with van der Waals surface area (Å²) in [6.45, 7) is 2.95. The highest BCUT2D eigenvalue weighted by molar-refractivity contribution is 4.84. The van der Waals surface area contributed by atoms with Crippen LogP contribution in [0.2, 0.25) is 0 Å². The van der Waals surface area contributed by atoms with Crippen LogP contribution < -0.4 is 24.0 Å². The lowest BCUT2D eigenvalue weighted by Gasteiger charge is -2.46. The quantitative estimate of drug-likeness (QED) is 0.480. The van der Waals surface area contributed by atoms with Gasteiger partial charge in [0.2, 0.25) is 0 Å². The highest BCUT2D eigenvalue weighted by Gasteiger charge is 2.42. The molecule has 2 heteroatoms. The molecule has 3 aliphatic rings. The third kappa shape index (κ3) is 2.83. The zero-order valence-electron chi connectivity index (χ0n) is 11.3. The van der Waals surface area contributed by atoms with E-state index in [-0.39, 0.29) is 24.0 Å². The van der Waals surface area contributed by atoms with Gasteiger partial charge in [-0.15, -0.1) is 0 Å². The Morgan fingerprint density at radius 2 is 1.41 bits per heavy atom. The molecule has 0 spiro atoms. The summed E-state index contributed by atoms with van der Waals surface area (Å²) in [4.78, 5) is 0. The van der Waals surface area contributed by atoms with Crippen molar-refractivity contribution in [2.45, 2.75) is 63.8 Å². The molecule has 1 aliphatic heterocycles. The van der Waals surface area contributed by atoms with Crippen LogP contribution in [0.1, 0.15) is 57.8 Å². The zero-order valence-corrected chi connectivity index (χ0v) is 13.5. The molecule has 0 radical (unpaired) electrons. The predicted octanol–water partition coefficient (Wildman–Crippen LogP) is 0.590. The summed E-state index contributed by atoms with van der Waals surface area (Å²) in [5.74, 6) is 2.24. The molecule has 0 amide bonds. The molecule has 1 saturated heterocycles. The van der Waals surface area contributed by atoms with Crippen molar-refractivity contribution in [2.24, 2.45) is 11.8 Å². The third-order valence-electron chi connectivity index (χ3n) is 5.98. The lowest BCUT2D eigenvalue weighted by atomic mass is 9.69. The Hall–Kier alpha value is 0.690. The van der Waals surface area contributed by atoms with Crippen molar-refractivity contribution in [3.63, 3.8) is 0 Å². The fourth-order valence-electron chi connectivity index (χ4n) is 4.84. The van der Waals surface area contributed by atoms with Gasteiger partial charge in [0, 0.05) is 19.3 Å². The van der Waals surface area contributed by atoms with E-state index in [0.29, 0.717) is 0 Å². The first-order valence-electron chi connectivity index (χ1n) is 7.62. The van der Waals surface area contributed by atoms with E-state index in [9.17, 15) is 0 Å². The van der Waals surface area contributed by atoms with E-state index in [1.807, 2.05) is 0 Å². The maximum absolute atomic E-state index is 2.54. The molecule has 3 fully saturated rings. The number of nitrogens with zero attached hydrogens (tertiary/aromatic N) is 1. The molecular formula is C15H28IN. The fraction of sp³-hybridized carbons (Fsp3) is 1.00. The molecule has 0 aromatic rings. The SMILES string of the molecule is C[N+]1(C2CCC3CCCCC3C2)CCCC1.[I-]. The standard InChI is InChI=1S/C15H28N.HI/c1-16(10-4-5-11-16)15-9-8-13-6-2-3-7-14(13)12-15;/h13-15H,2-12H2,1H3;1H/q+1;/p-1. The van der Waals surface area contributed by atoms with E-state index >= 15 is 0 Å². The van der Waals surface area contributed by atoms with Crippen molar-refractivity contribution in [2.75, 3.05) is 20.1 Å². The van der Waals surface area contributed by atoms with Crippen LogP contribution in [-0.2, 0) is 0 Å². The van der Waals surface area contributed by atoms with Gasteiger partial charge >= 0.3 is 0 Å². The molecule has 100 valence electrons. The lowest BCUT2D eigenvalue weighted by molar-refractivity contribution is -0.924. The van der Waals surface area contributed by atoms with Crippen molar-refractivity contribution < 1.29 is 28.5 Å². The van der Waals surface area contributed by atoms with Crippen molar-refractivity contribution in [3.8, 4) is 0 Å². The number of halogens is 1. The van der Waals surface area contributed by atoms with Gasteiger partial charge in [-0.3, -0.25) is 0 Å². The zero-order chi connectivity index (χ0) is 11.0. The Labute approximate surface area is 124 Å². The Bertz CT molecular complexity index is 247. The fourth-order valence-corrected chi connectivity index (χ4v) is 4.84. The Morgan fingerprint density at radius 3 is 2.12 bits per heavy atom. The summed E-state index contributed by atoms with van der Waals surface area (Å²) in [6, 6.07) is 1.03. The number of hydrogen-bond acceptors (Lipinski definition) is 0.